The van der Waals surface area contributed by atoms with Crippen LogP contribution in [0.25, 0.3) is 23.1 Å². The van der Waals surface area contributed by atoms with E-state index in [0.29, 0.717) is 5.56 Å². The fraction of sp³-hybridized carbons (Fsp3) is 0. The lowest BCUT2D eigenvalue weighted by Gasteiger charge is -2.10. The Morgan fingerprint density at radius 2 is 1.91 bits per heavy atom. The molecule has 5 aromatic rings. The lowest BCUT2D eigenvalue weighted by atomic mass is 10.2. The van der Waals surface area contributed by atoms with Crippen LogP contribution in [0.3, 0.4) is 0 Å². The number of nitrogens with one attached hydrogen (secondary N) is 3. The third-order valence-electron chi connectivity index (χ3n) is 4.84. The number of hydrogen-bond acceptors (Lipinski definition) is 6. The Hall–Kier alpha value is -3.88. The maximum Gasteiger partial charge on any atom is 0.270 e. The van der Waals surface area contributed by atoms with Crippen molar-refractivity contribution in [2.45, 2.75) is 9.79 Å². The second-order valence-electron chi connectivity index (χ2n) is 7.06. The van der Waals surface area contributed by atoms with Crippen LogP contribution in [0.4, 0.5) is 5.00 Å². The van der Waals surface area contributed by atoms with Crippen LogP contribution in [0.15, 0.2) is 94.2 Å². The summed E-state index contributed by atoms with van der Waals surface area (Å²) in [5.41, 5.74) is 8.99. The van der Waals surface area contributed by atoms with E-state index >= 15 is 0 Å². The number of thiophene rings is 1. The summed E-state index contributed by atoms with van der Waals surface area (Å²) >= 11 is 3.06. The van der Waals surface area contributed by atoms with Gasteiger partial charge in [-0.1, -0.05) is 30.0 Å². The average molecular weight is 470 g/mol. The molecule has 8 heteroatoms. The molecule has 0 saturated heterocycles. The normalized spacial score (nSPS) is 11.2. The minimum atomic E-state index is -0.184. The van der Waals surface area contributed by atoms with Crippen molar-refractivity contribution in [2.24, 2.45) is 0 Å². The molecule has 3 N–H and O–H groups in total. The Bertz CT molecular complexity index is 1410. The molecule has 3 aromatic heterocycles. The van der Waals surface area contributed by atoms with E-state index in [2.05, 4.69) is 26.0 Å². The van der Waals surface area contributed by atoms with Gasteiger partial charge in [0.25, 0.3) is 5.91 Å². The number of aromatic nitrogens is 3. The molecule has 0 radical (unpaired) electrons. The number of benzene rings is 2. The highest BCUT2D eigenvalue weighted by molar-refractivity contribution is 7.99. The van der Waals surface area contributed by atoms with Crippen LogP contribution >= 0.6 is 23.1 Å². The summed E-state index contributed by atoms with van der Waals surface area (Å²) in [5, 5.41) is 11.4. The summed E-state index contributed by atoms with van der Waals surface area (Å²) in [6, 6.07) is 23.3. The molecule has 3 heterocycles. The number of aromatic amines is 1. The summed E-state index contributed by atoms with van der Waals surface area (Å²) in [5.74, 6) is -0.184. The molecule has 33 heavy (non-hydrogen) atoms. The van der Waals surface area contributed by atoms with E-state index in [-0.39, 0.29) is 5.91 Å². The number of rotatable bonds is 7. The van der Waals surface area contributed by atoms with E-state index in [0.717, 1.165) is 37.1 Å². The van der Waals surface area contributed by atoms with Gasteiger partial charge in [-0.25, -0.2) is 0 Å². The van der Waals surface area contributed by atoms with Gasteiger partial charge in [-0.05, 0) is 72.1 Å². The smallest absolute Gasteiger partial charge is 0.270 e. The molecule has 5 rings (SSSR count). The Morgan fingerprint density at radius 1 is 1.00 bits per heavy atom. The maximum absolute atomic E-state index is 12.7. The Labute approximate surface area is 198 Å². The molecular weight excluding hydrogens is 450 g/mol. The molecule has 0 bridgehead atoms. The minimum Gasteiger partial charge on any atom is -0.289 e. The van der Waals surface area contributed by atoms with Gasteiger partial charge in [0.05, 0.1) is 22.5 Å². The van der Waals surface area contributed by atoms with Crippen molar-refractivity contribution >= 4 is 57.1 Å². The van der Waals surface area contributed by atoms with Crippen LogP contribution in [0.5, 0.6) is 0 Å². The molecule has 0 saturated carbocycles. The highest BCUT2D eigenvalue weighted by Gasteiger charge is 2.13. The second-order valence-corrected chi connectivity index (χ2v) is 9.12. The number of nitrogens with zero attached hydrogens (tertiary/aromatic N) is 2. The van der Waals surface area contributed by atoms with Crippen molar-refractivity contribution in [3.63, 3.8) is 0 Å². The summed E-state index contributed by atoms with van der Waals surface area (Å²) in [7, 11) is 0. The van der Waals surface area contributed by atoms with E-state index in [1.807, 2.05) is 90.3 Å². The molecular formula is C25H19N5OS2. The van der Waals surface area contributed by atoms with Gasteiger partial charge in [0, 0.05) is 21.4 Å². The van der Waals surface area contributed by atoms with Gasteiger partial charge in [-0.3, -0.25) is 25.7 Å². The number of hydrazine groups is 1. The van der Waals surface area contributed by atoms with Crippen molar-refractivity contribution in [1.82, 2.24) is 20.6 Å². The molecule has 0 spiro atoms. The molecule has 0 fully saturated rings. The SMILES string of the molecule is O=C(NNc1cccs1)c1ccccc1Sc1ccc2c(/C=C/c3ccccn3)n[nH]c2c1. The third-order valence-corrected chi connectivity index (χ3v) is 6.69. The van der Waals surface area contributed by atoms with Gasteiger partial charge in [0.15, 0.2) is 0 Å². The van der Waals surface area contributed by atoms with Crippen molar-refractivity contribution in [2.75, 3.05) is 5.43 Å². The number of carbonyl (C=O) groups is 1. The molecule has 6 nitrogen and oxygen atoms in total. The van der Waals surface area contributed by atoms with Crippen molar-refractivity contribution < 1.29 is 4.79 Å². The first kappa shape index (κ1) is 21.0. The van der Waals surface area contributed by atoms with Gasteiger partial charge >= 0.3 is 0 Å². The van der Waals surface area contributed by atoms with E-state index in [4.69, 9.17) is 0 Å². The number of hydrogen-bond donors (Lipinski definition) is 3. The zero-order valence-corrected chi connectivity index (χ0v) is 19.0. The van der Waals surface area contributed by atoms with E-state index in [1.165, 1.54) is 23.1 Å². The summed E-state index contributed by atoms with van der Waals surface area (Å²) in [6.07, 6.45) is 5.66. The fourth-order valence-electron chi connectivity index (χ4n) is 3.25. The topological polar surface area (TPSA) is 82.7 Å². The molecule has 0 aliphatic heterocycles. The monoisotopic (exact) mass is 469 g/mol. The lowest BCUT2D eigenvalue weighted by molar-refractivity contribution is 0.0960. The van der Waals surface area contributed by atoms with Gasteiger partial charge < -0.3 is 0 Å². The number of fused-ring (bicyclic) bond motifs is 1. The number of amides is 1. The van der Waals surface area contributed by atoms with E-state index in [1.54, 1.807) is 6.20 Å². The standard InChI is InChI=1S/C25H19N5OS2/c31-25(30-29-24-9-5-15-32-24)20-7-1-2-8-23(20)33-18-11-12-19-21(27-28-22(19)16-18)13-10-17-6-3-4-14-26-17/h1-16,29H,(H,27,28)(H,30,31)/b13-10+. The lowest BCUT2D eigenvalue weighted by Crippen LogP contribution is -2.29. The Balaban J connectivity index is 1.33. The van der Waals surface area contributed by atoms with Gasteiger partial charge in [-0.2, -0.15) is 5.10 Å². The van der Waals surface area contributed by atoms with Crippen molar-refractivity contribution in [3.05, 3.63) is 101 Å². The summed E-state index contributed by atoms with van der Waals surface area (Å²) < 4.78 is 0. The minimum absolute atomic E-state index is 0.184. The van der Waals surface area contributed by atoms with Gasteiger partial charge in [0.1, 0.15) is 5.00 Å². The molecule has 0 atom stereocenters. The third kappa shape index (κ3) is 4.97. The zero-order valence-electron chi connectivity index (χ0n) is 17.4. The number of H-pyrrole nitrogens is 1. The highest BCUT2D eigenvalue weighted by Crippen LogP contribution is 2.33. The summed E-state index contributed by atoms with van der Waals surface area (Å²) in [6.45, 7) is 0. The average Bonchev–Trinajstić information content (AvgIpc) is 3.52. The predicted octanol–water partition coefficient (Wildman–Crippen LogP) is 6.10. The molecule has 1 amide bonds. The molecule has 2 aromatic carbocycles. The quantitative estimate of drug-likeness (QED) is 0.251. The second kappa shape index (κ2) is 9.72. The van der Waals surface area contributed by atoms with Gasteiger partial charge in [-0.15, -0.1) is 11.3 Å². The molecule has 0 aliphatic rings. The first-order valence-electron chi connectivity index (χ1n) is 10.2. The first-order chi connectivity index (χ1) is 16.3. The van der Waals surface area contributed by atoms with Crippen LogP contribution in [-0.4, -0.2) is 21.1 Å². The van der Waals surface area contributed by atoms with Crippen LogP contribution in [0.2, 0.25) is 0 Å². The van der Waals surface area contributed by atoms with Crippen LogP contribution in [-0.2, 0) is 0 Å². The number of anilines is 1. The maximum atomic E-state index is 12.7. The molecule has 162 valence electrons. The molecule has 0 unspecified atom stereocenters. The first-order valence-corrected chi connectivity index (χ1v) is 11.9. The fourth-order valence-corrected chi connectivity index (χ4v) is 4.81. The summed E-state index contributed by atoms with van der Waals surface area (Å²) in [4.78, 5) is 18.9. The van der Waals surface area contributed by atoms with Crippen molar-refractivity contribution in [1.29, 1.82) is 0 Å². The van der Waals surface area contributed by atoms with E-state index in [9.17, 15) is 4.79 Å². The zero-order chi connectivity index (χ0) is 22.5. The largest absolute Gasteiger partial charge is 0.289 e. The van der Waals surface area contributed by atoms with Crippen LogP contribution < -0.4 is 10.9 Å². The Kier molecular flexibility index (Phi) is 6.19. The van der Waals surface area contributed by atoms with Crippen molar-refractivity contribution in [3.8, 4) is 0 Å². The van der Waals surface area contributed by atoms with Gasteiger partial charge in [0.2, 0.25) is 0 Å². The molecule has 0 aliphatic carbocycles. The predicted molar refractivity (Wildman–Crippen MR) is 135 cm³/mol. The highest BCUT2D eigenvalue weighted by atomic mass is 32.2. The van der Waals surface area contributed by atoms with Crippen LogP contribution in [0, 0.1) is 0 Å². The van der Waals surface area contributed by atoms with Crippen LogP contribution in [0.1, 0.15) is 21.7 Å². The van der Waals surface area contributed by atoms with E-state index < -0.39 is 0 Å². The number of carbonyl (C=O) groups excluding carboxylic acids is 1. The number of pyridine rings is 1. The Morgan fingerprint density at radius 3 is 2.76 bits per heavy atom.